The van der Waals surface area contributed by atoms with Crippen LogP contribution in [0.25, 0.3) is 0 Å². The van der Waals surface area contributed by atoms with E-state index in [1.165, 1.54) is 24.5 Å². The van der Waals surface area contributed by atoms with E-state index in [9.17, 15) is 13.2 Å². The Balaban J connectivity index is 1.79. The quantitative estimate of drug-likeness (QED) is 0.654. The molecule has 0 spiro atoms. The van der Waals surface area contributed by atoms with Crippen molar-refractivity contribution in [2.75, 3.05) is 10.0 Å². The summed E-state index contributed by atoms with van der Waals surface area (Å²) in [5, 5.41) is 8.65. The molecule has 3 rings (SSSR count). The summed E-state index contributed by atoms with van der Waals surface area (Å²) < 4.78 is 27.1. The second-order valence-electron chi connectivity index (χ2n) is 4.79. The van der Waals surface area contributed by atoms with E-state index >= 15 is 0 Å². The number of carbonyl (C=O) groups is 1. The minimum atomic E-state index is -3.72. The van der Waals surface area contributed by atoms with E-state index in [1.807, 2.05) is 0 Å². The molecule has 0 aliphatic rings. The van der Waals surface area contributed by atoms with Crippen molar-refractivity contribution in [3.63, 3.8) is 0 Å². The van der Waals surface area contributed by atoms with E-state index in [0.29, 0.717) is 0 Å². The standard InChI is InChI=1S/C15H13N5O3S/c21-14(18-15-16-10-17-19-15)11-5-4-6-12(9-11)20-24(22,23)13-7-2-1-3-8-13/h1-10,20H,(H2,16,17,18,19,21). The third-order valence-electron chi connectivity index (χ3n) is 3.08. The molecule has 0 saturated carbocycles. The maximum Gasteiger partial charge on any atom is 0.261 e. The van der Waals surface area contributed by atoms with Gasteiger partial charge in [-0.2, -0.15) is 10.1 Å². The molecule has 1 heterocycles. The highest BCUT2D eigenvalue weighted by molar-refractivity contribution is 7.92. The van der Waals surface area contributed by atoms with Gasteiger partial charge >= 0.3 is 0 Å². The van der Waals surface area contributed by atoms with Crippen LogP contribution in [0.5, 0.6) is 0 Å². The number of nitrogens with zero attached hydrogens (tertiary/aromatic N) is 2. The average Bonchev–Trinajstić information content (AvgIpc) is 3.08. The second-order valence-corrected chi connectivity index (χ2v) is 6.47. The molecule has 0 aliphatic carbocycles. The number of aromatic amines is 1. The first-order valence-electron chi connectivity index (χ1n) is 6.89. The van der Waals surface area contributed by atoms with Crippen molar-refractivity contribution in [2.45, 2.75) is 4.90 Å². The number of sulfonamides is 1. The summed E-state index contributed by atoms with van der Waals surface area (Å²) in [7, 11) is -3.72. The van der Waals surface area contributed by atoms with E-state index in [0.717, 1.165) is 0 Å². The van der Waals surface area contributed by atoms with Crippen LogP contribution in [0.1, 0.15) is 10.4 Å². The maximum atomic E-state index is 12.3. The van der Waals surface area contributed by atoms with Gasteiger partial charge in [-0.25, -0.2) is 13.5 Å². The van der Waals surface area contributed by atoms with E-state index in [-0.39, 0.29) is 22.1 Å². The number of hydrogen-bond donors (Lipinski definition) is 3. The van der Waals surface area contributed by atoms with E-state index in [1.54, 1.807) is 36.4 Å². The Morgan fingerprint density at radius 1 is 1.04 bits per heavy atom. The summed E-state index contributed by atoms with van der Waals surface area (Å²) in [5.41, 5.74) is 0.559. The van der Waals surface area contributed by atoms with Gasteiger partial charge in [-0.3, -0.25) is 14.8 Å². The lowest BCUT2D eigenvalue weighted by Gasteiger charge is -2.09. The molecule has 24 heavy (non-hydrogen) atoms. The lowest BCUT2D eigenvalue weighted by Crippen LogP contribution is -2.15. The molecule has 0 saturated heterocycles. The Hall–Kier alpha value is -3.20. The number of amides is 1. The fraction of sp³-hybridized carbons (Fsp3) is 0. The van der Waals surface area contributed by atoms with Gasteiger partial charge in [0, 0.05) is 11.3 Å². The summed E-state index contributed by atoms with van der Waals surface area (Å²) in [4.78, 5) is 16.1. The van der Waals surface area contributed by atoms with Crippen LogP contribution in [0.4, 0.5) is 11.6 Å². The van der Waals surface area contributed by atoms with Crippen LogP contribution in [0.3, 0.4) is 0 Å². The van der Waals surface area contributed by atoms with Crippen LogP contribution in [-0.2, 0) is 10.0 Å². The number of nitrogens with one attached hydrogen (secondary N) is 3. The molecule has 0 aliphatic heterocycles. The lowest BCUT2D eigenvalue weighted by molar-refractivity contribution is 0.102. The van der Waals surface area contributed by atoms with Crippen molar-refractivity contribution >= 4 is 27.6 Å². The third kappa shape index (κ3) is 3.58. The first-order valence-corrected chi connectivity index (χ1v) is 8.37. The number of rotatable bonds is 5. The van der Waals surface area contributed by atoms with E-state index in [2.05, 4.69) is 25.2 Å². The van der Waals surface area contributed by atoms with Crippen LogP contribution >= 0.6 is 0 Å². The van der Waals surface area contributed by atoms with Crippen molar-refractivity contribution in [3.05, 3.63) is 66.5 Å². The molecule has 2 aromatic carbocycles. The number of aromatic nitrogens is 3. The molecule has 1 aromatic heterocycles. The SMILES string of the molecule is O=C(Nc1ncn[nH]1)c1cccc(NS(=O)(=O)c2ccccc2)c1. The van der Waals surface area contributed by atoms with Gasteiger partial charge in [0.05, 0.1) is 4.90 Å². The summed E-state index contributed by atoms with van der Waals surface area (Å²) in [6, 6.07) is 14.1. The molecule has 1 amide bonds. The average molecular weight is 343 g/mol. The molecule has 0 fully saturated rings. The fourth-order valence-corrected chi connectivity index (χ4v) is 3.05. The molecule has 3 N–H and O–H groups in total. The zero-order valence-electron chi connectivity index (χ0n) is 12.3. The maximum absolute atomic E-state index is 12.3. The summed E-state index contributed by atoms with van der Waals surface area (Å²) in [6.45, 7) is 0. The van der Waals surface area contributed by atoms with Crippen LogP contribution in [0.15, 0.2) is 65.8 Å². The van der Waals surface area contributed by atoms with Crippen LogP contribution < -0.4 is 10.0 Å². The summed E-state index contributed by atoms with van der Waals surface area (Å²) >= 11 is 0. The zero-order valence-corrected chi connectivity index (χ0v) is 13.1. The van der Waals surface area contributed by atoms with Gasteiger partial charge in [0.25, 0.3) is 15.9 Å². The van der Waals surface area contributed by atoms with Crippen molar-refractivity contribution in [1.29, 1.82) is 0 Å². The van der Waals surface area contributed by atoms with Crippen molar-refractivity contribution in [3.8, 4) is 0 Å². The fourth-order valence-electron chi connectivity index (χ4n) is 1.98. The lowest BCUT2D eigenvalue weighted by atomic mass is 10.2. The molecule has 9 heteroatoms. The molecule has 0 bridgehead atoms. The predicted molar refractivity (Wildman–Crippen MR) is 88.0 cm³/mol. The highest BCUT2D eigenvalue weighted by Crippen LogP contribution is 2.17. The summed E-state index contributed by atoms with van der Waals surface area (Å²) in [5.74, 6) is -0.234. The number of H-pyrrole nitrogens is 1. The summed E-state index contributed by atoms with van der Waals surface area (Å²) in [6.07, 6.45) is 1.26. The van der Waals surface area contributed by atoms with Crippen molar-refractivity contribution in [1.82, 2.24) is 15.2 Å². The van der Waals surface area contributed by atoms with Crippen LogP contribution in [0, 0.1) is 0 Å². The van der Waals surface area contributed by atoms with E-state index < -0.39 is 15.9 Å². The van der Waals surface area contributed by atoms with Gasteiger partial charge in [-0.05, 0) is 30.3 Å². The first kappa shape index (κ1) is 15.7. The Kier molecular flexibility index (Phi) is 4.25. The van der Waals surface area contributed by atoms with Crippen LogP contribution in [-0.4, -0.2) is 29.5 Å². The number of hydrogen-bond acceptors (Lipinski definition) is 5. The van der Waals surface area contributed by atoms with Gasteiger partial charge in [0.15, 0.2) is 0 Å². The molecular formula is C15H13N5O3S. The van der Waals surface area contributed by atoms with Crippen molar-refractivity contribution < 1.29 is 13.2 Å². The Bertz CT molecular complexity index is 940. The van der Waals surface area contributed by atoms with Gasteiger partial charge < -0.3 is 0 Å². The number of anilines is 2. The van der Waals surface area contributed by atoms with E-state index in [4.69, 9.17) is 0 Å². The smallest absolute Gasteiger partial charge is 0.261 e. The Morgan fingerprint density at radius 2 is 1.83 bits per heavy atom. The Morgan fingerprint density at radius 3 is 2.54 bits per heavy atom. The highest BCUT2D eigenvalue weighted by Gasteiger charge is 2.15. The highest BCUT2D eigenvalue weighted by atomic mass is 32.2. The minimum Gasteiger partial charge on any atom is -0.291 e. The molecule has 0 atom stereocenters. The Labute approximate surface area is 138 Å². The molecule has 3 aromatic rings. The minimum absolute atomic E-state index is 0.140. The molecule has 8 nitrogen and oxygen atoms in total. The predicted octanol–water partition coefficient (Wildman–Crippen LogP) is 1.86. The largest absolute Gasteiger partial charge is 0.291 e. The van der Waals surface area contributed by atoms with Gasteiger partial charge in [0.1, 0.15) is 6.33 Å². The second kappa shape index (κ2) is 6.50. The topological polar surface area (TPSA) is 117 Å². The van der Waals surface area contributed by atoms with Crippen LogP contribution in [0.2, 0.25) is 0 Å². The van der Waals surface area contributed by atoms with Gasteiger partial charge in [-0.15, -0.1) is 0 Å². The van der Waals surface area contributed by atoms with Crippen molar-refractivity contribution in [2.24, 2.45) is 0 Å². The molecular weight excluding hydrogens is 330 g/mol. The normalized spacial score (nSPS) is 11.0. The van der Waals surface area contributed by atoms with Gasteiger partial charge in [-0.1, -0.05) is 24.3 Å². The third-order valence-corrected chi connectivity index (χ3v) is 4.47. The monoisotopic (exact) mass is 343 g/mol. The first-order chi connectivity index (χ1) is 11.5. The number of benzene rings is 2. The molecule has 122 valence electrons. The number of carbonyl (C=O) groups excluding carboxylic acids is 1. The van der Waals surface area contributed by atoms with Gasteiger partial charge in [0.2, 0.25) is 5.95 Å². The molecule has 0 unspecified atom stereocenters. The zero-order chi connectivity index (χ0) is 17.0. The molecule has 0 radical (unpaired) electrons.